The van der Waals surface area contributed by atoms with Crippen LogP contribution in [-0.4, -0.2) is 20.8 Å². The molecular formula is C14H15F3N4. The molecule has 2 N–H and O–H groups in total. The van der Waals surface area contributed by atoms with Gasteiger partial charge in [-0.15, -0.1) is 0 Å². The zero-order valence-corrected chi connectivity index (χ0v) is 11.3. The van der Waals surface area contributed by atoms with Crippen molar-refractivity contribution in [3.63, 3.8) is 0 Å². The highest BCUT2D eigenvalue weighted by Gasteiger charge is 2.33. The van der Waals surface area contributed by atoms with Crippen LogP contribution in [0.25, 0.3) is 0 Å². The fraction of sp³-hybridized carbons (Fsp3) is 0.429. The Labute approximate surface area is 119 Å². The van der Waals surface area contributed by atoms with Crippen molar-refractivity contribution in [2.75, 3.05) is 0 Å². The Hall–Kier alpha value is -1.89. The minimum atomic E-state index is -4.36. The van der Waals surface area contributed by atoms with Crippen molar-refractivity contribution in [1.29, 1.82) is 0 Å². The van der Waals surface area contributed by atoms with E-state index in [9.17, 15) is 13.2 Å². The summed E-state index contributed by atoms with van der Waals surface area (Å²) in [6.07, 6.45) is -2.74. The van der Waals surface area contributed by atoms with E-state index in [1.54, 1.807) is 10.7 Å². The predicted octanol–water partition coefficient (Wildman–Crippen LogP) is 2.16. The zero-order chi connectivity index (χ0) is 15.0. The van der Waals surface area contributed by atoms with Gasteiger partial charge in [0.1, 0.15) is 5.82 Å². The van der Waals surface area contributed by atoms with Gasteiger partial charge in [0.05, 0.1) is 12.1 Å². The molecule has 112 valence electrons. The summed E-state index contributed by atoms with van der Waals surface area (Å²) in [6.45, 7) is 0.573. The van der Waals surface area contributed by atoms with E-state index in [-0.39, 0.29) is 18.0 Å². The first-order chi connectivity index (χ1) is 9.93. The topological polar surface area (TPSA) is 56.7 Å². The van der Waals surface area contributed by atoms with Crippen LogP contribution in [0.4, 0.5) is 13.2 Å². The fourth-order valence-corrected chi connectivity index (χ4v) is 2.58. The van der Waals surface area contributed by atoms with E-state index in [1.165, 1.54) is 12.1 Å². The minimum Gasteiger partial charge on any atom is -0.326 e. The molecule has 1 unspecified atom stereocenters. The van der Waals surface area contributed by atoms with E-state index >= 15 is 0 Å². The number of aryl methyl sites for hydroxylation is 1. The van der Waals surface area contributed by atoms with E-state index in [2.05, 4.69) is 10.1 Å². The number of aromatic nitrogens is 3. The zero-order valence-electron chi connectivity index (χ0n) is 11.3. The molecule has 1 aromatic heterocycles. The van der Waals surface area contributed by atoms with E-state index in [4.69, 9.17) is 5.73 Å². The molecule has 0 saturated carbocycles. The van der Waals surface area contributed by atoms with Crippen molar-refractivity contribution in [2.45, 2.75) is 38.0 Å². The summed E-state index contributed by atoms with van der Waals surface area (Å²) in [5, 5.41) is 4.28. The third-order valence-corrected chi connectivity index (χ3v) is 3.61. The Balaban J connectivity index is 1.88. The Kier molecular flexibility index (Phi) is 3.44. The standard InChI is InChI=1S/C14H15F3N4/c15-14(16,17)11-4-2-1-3-9(11)7-12-19-13-6-5-10(18)8-21(13)20-12/h1-4,10H,5-8,18H2. The molecule has 2 aromatic rings. The third-order valence-electron chi connectivity index (χ3n) is 3.61. The molecule has 1 atom stereocenters. The first-order valence-electron chi connectivity index (χ1n) is 6.77. The lowest BCUT2D eigenvalue weighted by Crippen LogP contribution is -2.32. The monoisotopic (exact) mass is 296 g/mol. The normalized spacial score (nSPS) is 18.6. The van der Waals surface area contributed by atoms with Gasteiger partial charge in [0.15, 0.2) is 5.82 Å². The maximum Gasteiger partial charge on any atom is 0.416 e. The Morgan fingerprint density at radius 3 is 2.81 bits per heavy atom. The molecule has 1 aliphatic rings. The van der Waals surface area contributed by atoms with E-state index < -0.39 is 11.7 Å². The summed E-state index contributed by atoms with van der Waals surface area (Å²) < 4.78 is 40.6. The van der Waals surface area contributed by atoms with Crippen LogP contribution >= 0.6 is 0 Å². The number of hydrogen-bond acceptors (Lipinski definition) is 3. The number of alkyl halides is 3. The number of rotatable bonds is 2. The number of nitrogens with zero attached hydrogens (tertiary/aromatic N) is 3. The van der Waals surface area contributed by atoms with Gasteiger partial charge in [-0.25, -0.2) is 9.67 Å². The van der Waals surface area contributed by atoms with Crippen LogP contribution in [0.3, 0.4) is 0 Å². The second-order valence-electron chi connectivity index (χ2n) is 5.26. The lowest BCUT2D eigenvalue weighted by Gasteiger charge is -2.17. The van der Waals surface area contributed by atoms with Gasteiger partial charge in [0.2, 0.25) is 0 Å². The second-order valence-corrected chi connectivity index (χ2v) is 5.26. The van der Waals surface area contributed by atoms with Crippen LogP contribution in [0.15, 0.2) is 24.3 Å². The van der Waals surface area contributed by atoms with Gasteiger partial charge in [-0.05, 0) is 18.1 Å². The van der Waals surface area contributed by atoms with Gasteiger partial charge < -0.3 is 5.73 Å². The molecule has 21 heavy (non-hydrogen) atoms. The Morgan fingerprint density at radius 1 is 1.29 bits per heavy atom. The highest BCUT2D eigenvalue weighted by Crippen LogP contribution is 2.32. The second kappa shape index (κ2) is 5.14. The van der Waals surface area contributed by atoms with Crippen molar-refractivity contribution < 1.29 is 13.2 Å². The van der Waals surface area contributed by atoms with Crippen LogP contribution < -0.4 is 5.73 Å². The highest BCUT2D eigenvalue weighted by molar-refractivity contribution is 5.31. The quantitative estimate of drug-likeness (QED) is 0.924. The molecule has 0 radical (unpaired) electrons. The number of halogens is 3. The average Bonchev–Trinajstić information content (AvgIpc) is 2.79. The van der Waals surface area contributed by atoms with Crippen LogP contribution in [0.2, 0.25) is 0 Å². The molecule has 0 saturated heterocycles. The Bertz CT molecular complexity index is 648. The van der Waals surface area contributed by atoms with Crippen molar-refractivity contribution >= 4 is 0 Å². The number of fused-ring (bicyclic) bond motifs is 1. The average molecular weight is 296 g/mol. The molecule has 7 heteroatoms. The lowest BCUT2D eigenvalue weighted by molar-refractivity contribution is -0.138. The number of nitrogens with two attached hydrogens (primary N) is 1. The van der Waals surface area contributed by atoms with Crippen molar-refractivity contribution in [1.82, 2.24) is 14.8 Å². The molecule has 0 amide bonds. The molecule has 3 rings (SSSR count). The molecule has 0 bridgehead atoms. The largest absolute Gasteiger partial charge is 0.416 e. The smallest absolute Gasteiger partial charge is 0.326 e. The van der Waals surface area contributed by atoms with Crippen LogP contribution in [0.1, 0.15) is 29.2 Å². The molecular weight excluding hydrogens is 281 g/mol. The number of hydrogen-bond donors (Lipinski definition) is 1. The molecule has 1 aliphatic heterocycles. The van der Waals surface area contributed by atoms with Crippen LogP contribution in [0.5, 0.6) is 0 Å². The summed E-state index contributed by atoms with van der Waals surface area (Å²) in [4.78, 5) is 4.33. The lowest BCUT2D eigenvalue weighted by atomic mass is 10.0. The third kappa shape index (κ3) is 2.92. The summed E-state index contributed by atoms with van der Waals surface area (Å²) in [5.74, 6) is 1.21. The van der Waals surface area contributed by atoms with Gasteiger partial charge in [-0.2, -0.15) is 18.3 Å². The molecule has 4 nitrogen and oxygen atoms in total. The molecule has 0 aliphatic carbocycles. The molecule has 1 aromatic carbocycles. The van der Waals surface area contributed by atoms with E-state index in [0.717, 1.165) is 24.7 Å². The first-order valence-corrected chi connectivity index (χ1v) is 6.77. The van der Waals surface area contributed by atoms with Crippen molar-refractivity contribution in [2.24, 2.45) is 5.73 Å². The molecule has 0 fully saturated rings. The summed E-state index contributed by atoms with van der Waals surface area (Å²) >= 11 is 0. The number of benzene rings is 1. The van der Waals surface area contributed by atoms with Gasteiger partial charge in [-0.1, -0.05) is 18.2 Å². The minimum absolute atomic E-state index is 0.0366. The van der Waals surface area contributed by atoms with Gasteiger partial charge in [-0.3, -0.25) is 0 Å². The molecule has 2 heterocycles. The summed E-state index contributed by atoms with van der Waals surface area (Å²) in [7, 11) is 0. The van der Waals surface area contributed by atoms with Gasteiger partial charge >= 0.3 is 6.18 Å². The summed E-state index contributed by atoms with van der Waals surface area (Å²) in [5.41, 5.74) is 5.42. The van der Waals surface area contributed by atoms with Crippen LogP contribution in [-0.2, 0) is 25.6 Å². The SMILES string of the molecule is NC1CCc2nc(Cc3ccccc3C(F)(F)F)nn2C1. The molecule has 0 spiro atoms. The highest BCUT2D eigenvalue weighted by atomic mass is 19.4. The van der Waals surface area contributed by atoms with E-state index in [0.29, 0.717) is 12.4 Å². The predicted molar refractivity (Wildman–Crippen MR) is 70.6 cm³/mol. The summed E-state index contributed by atoms with van der Waals surface area (Å²) in [6, 6.07) is 5.57. The van der Waals surface area contributed by atoms with E-state index in [1.807, 2.05) is 0 Å². The van der Waals surface area contributed by atoms with Crippen molar-refractivity contribution in [3.05, 3.63) is 47.0 Å². The maximum atomic E-state index is 13.0. The maximum absolute atomic E-state index is 13.0. The van der Waals surface area contributed by atoms with Gasteiger partial charge in [0, 0.05) is 18.9 Å². The van der Waals surface area contributed by atoms with Gasteiger partial charge in [0.25, 0.3) is 0 Å². The van der Waals surface area contributed by atoms with Crippen molar-refractivity contribution in [3.8, 4) is 0 Å². The van der Waals surface area contributed by atoms with Crippen LogP contribution in [0, 0.1) is 0 Å². The fourth-order valence-electron chi connectivity index (χ4n) is 2.58. The Morgan fingerprint density at radius 2 is 2.05 bits per heavy atom. The first kappa shape index (κ1) is 14.1.